The average Bonchev–Trinajstić information content (AvgIpc) is 3.40. The largest absolute Gasteiger partial charge is 0.311 e. The van der Waals surface area contributed by atoms with Gasteiger partial charge in [0.05, 0.1) is 59.9 Å². The van der Waals surface area contributed by atoms with E-state index in [1.165, 1.54) is 11.1 Å². The Morgan fingerprint density at radius 2 is 1.39 bits per heavy atom. The number of aromatic nitrogens is 1. The van der Waals surface area contributed by atoms with E-state index in [1.807, 2.05) is 18.3 Å². The fourth-order valence-corrected chi connectivity index (χ4v) is 8.71. The molecule has 0 radical (unpaired) electrons. The highest BCUT2D eigenvalue weighted by Gasteiger charge is 2.50. The zero-order valence-electron chi connectivity index (χ0n) is 24.5. The van der Waals surface area contributed by atoms with Crippen LogP contribution in [0.3, 0.4) is 0 Å². The molecule has 0 saturated heterocycles. The van der Waals surface area contributed by atoms with Crippen LogP contribution in [0.5, 0.6) is 0 Å². The summed E-state index contributed by atoms with van der Waals surface area (Å²) in [6.45, 7) is 6.36. The zero-order chi connectivity index (χ0) is 31.1. The summed E-state index contributed by atoms with van der Waals surface area (Å²) >= 11 is 25.4. The van der Waals surface area contributed by atoms with Gasteiger partial charge in [-0.25, -0.2) is 0 Å². The van der Waals surface area contributed by atoms with E-state index in [4.69, 9.17) is 51.4 Å². The Hall–Kier alpha value is -3.15. The smallest absolute Gasteiger partial charge is 0.199 e. The number of carbonyl (C=O) groups is 2. The Labute approximate surface area is 276 Å². The number of hydrogen-bond acceptors (Lipinski definition) is 4. The lowest BCUT2D eigenvalue weighted by molar-refractivity contribution is 0.0989. The Kier molecular flexibility index (Phi) is 7.21. The van der Waals surface area contributed by atoms with E-state index >= 15 is 0 Å². The van der Waals surface area contributed by atoms with Crippen molar-refractivity contribution >= 4 is 80.2 Å². The third kappa shape index (κ3) is 4.15. The van der Waals surface area contributed by atoms with Crippen LogP contribution in [-0.2, 0) is 5.41 Å². The minimum atomic E-state index is -0.512. The molecule has 4 nitrogen and oxygen atoms in total. The van der Waals surface area contributed by atoms with Gasteiger partial charge in [0, 0.05) is 16.5 Å². The number of anilines is 2. The maximum absolute atomic E-state index is 13.7. The van der Waals surface area contributed by atoms with Gasteiger partial charge in [-0.15, -0.1) is 0 Å². The van der Waals surface area contributed by atoms with Gasteiger partial charge in [0.1, 0.15) is 0 Å². The highest BCUT2D eigenvalue weighted by atomic mass is 35.5. The van der Waals surface area contributed by atoms with Crippen LogP contribution in [0, 0.1) is 20.8 Å². The topological polar surface area (TPSA) is 50.3 Å². The highest BCUT2D eigenvalue weighted by molar-refractivity contribution is 6.57. The molecule has 2 aliphatic carbocycles. The summed E-state index contributed by atoms with van der Waals surface area (Å²) in [7, 11) is 0. The van der Waals surface area contributed by atoms with Gasteiger partial charge in [-0.2, -0.15) is 0 Å². The monoisotopic (exact) mass is 660 g/mol. The minimum Gasteiger partial charge on any atom is -0.311 e. The molecule has 3 aromatic carbocycles. The van der Waals surface area contributed by atoms with Gasteiger partial charge in [-0.3, -0.25) is 14.6 Å². The number of ketones is 2. The van der Waals surface area contributed by atoms with Gasteiger partial charge in [-0.05, 0) is 68.5 Å². The molecule has 7 rings (SSSR count). The highest BCUT2D eigenvalue weighted by Crippen LogP contribution is 2.60. The van der Waals surface area contributed by atoms with Crippen molar-refractivity contribution in [2.45, 2.75) is 58.3 Å². The minimum absolute atomic E-state index is 0.0000722. The summed E-state index contributed by atoms with van der Waals surface area (Å²) in [6.07, 6.45) is 10.7. The summed E-state index contributed by atoms with van der Waals surface area (Å²) in [5.74, 6) is -1.02. The van der Waals surface area contributed by atoms with Gasteiger partial charge in [-0.1, -0.05) is 102 Å². The number of nitrogens with zero attached hydrogens (tertiary/aromatic N) is 2. The van der Waals surface area contributed by atoms with Crippen molar-refractivity contribution in [3.63, 3.8) is 0 Å². The van der Waals surface area contributed by atoms with Crippen molar-refractivity contribution < 1.29 is 9.59 Å². The fraction of sp³-hybridized carbons (Fsp3) is 0.250. The normalized spacial score (nSPS) is 18.1. The second kappa shape index (κ2) is 10.7. The SMILES string of the molecule is Cc1cc(C)c(N2/C(=C\C=C3C(=O)c4c(Cl)c(Cl)c(Cl)c(Cl)c4C3=O)C3(CCCCC3)c3c2cnc2ccccc32)c(C)c1. The molecule has 0 unspecified atom stereocenters. The van der Waals surface area contributed by atoms with Crippen LogP contribution in [0.2, 0.25) is 20.1 Å². The van der Waals surface area contributed by atoms with Gasteiger partial charge >= 0.3 is 0 Å². The van der Waals surface area contributed by atoms with Crippen LogP contribution >= 0.6 is 46.4 Å². The second-order valence-electron chi connectivity index (χ2n) is 12.1. The summed E-state index contributed by atoms with van der Waals surface area (Å²) < 4.78 is 0. The molecule has 1 aromatic heterocycles. The lowest BCUT2D eigenvalue weighted by Crippen LogP contribution is -2.32. The van der Waals surface area contributed by atoms with Crippen molar-refractivity contribution in [1.82, 2.24) is 4.98 Å². The van der Waals surface area contributed by atoms with Crippen LogP contribution < -0.4 is 4.90 Å². The number of para-hydroxylation sites is 1. The number of rotatable bonds is 2. The Morgan fingerprint density at radius 3 is 2.00 bits per heavy atom. The van der Waals surface area contributed by atoms with Crippen LogP contribution in [0.1, 0.15) is 75.1 Å². The van der Waals surface area contributed by atoms with Crippen molar-refractivity contribution in [2.75, 3.05) is 4.90 Å². The van der Waals surface area contributed by atoms with E-state index < -0.39 is 11.6 Å². The first-order valence-electron chi connectivity index (χ1n) is 14.7. The van der Waals surface area contributed by atoms with E-state index in [0.717, 1.165) is 71.2 Å². The number of allylic oxidation sites excluding steroid dienone is 4. The summed E-state index contributed by atoms with van der Waals surface area (Å²) in [5, 5.41) is 0.918. The fourth-order valence-electron chi connectivity index (χ4n) is 7.68. The molecule has 4 aromatic rings. The molecule has 1 fully saturated rings. The number of hydrogen-bond donors (Lipinski definition) is 0. The quantitative estimate of drug-likeness (QED) is 0.0928. The van der Waals surface area contributed by atoms with E-state index in [-0.39, 0.29) is 42.2 Å². The first kappa shape index (κ1) is 29.6. The summed E-state index contributed by atoms with van der Waals surface area (Å²) in [4.78, 5) is 34.6. The number of Topliss-reactive ketones (excluding diaryl/α,β-unsaturated/α-hetero) is 2. The van der Waals surface area contributed by atoms with Crippen LogP contribution in [0.4, 0.5) is 11.4 Å². The van der Waals surface area contributed by atoms with Gasteiger partial charge < -0.3 is 4.90 Å². The number of fused-ring (bicyclic) bond motifs is 5. The lowest BCUT2D eigenvalue weighted by atomic mass is 9.68. The molecule has 1 aliphatic heterocycles. The van der Waals surface area contributed by atoms with Crippen molar-refractivity contribution in [3.05, 3.63) is 119 Å². The van der Waals surface area contributed by atoms with Crippen molar-refractivity contribution in [2.24, 2.45) is 0 Å². The average molecular weight is 662 g/mol. The standard InChI is InChI=1S/C36H28Cl4N2O2/c1-18-15-19(2)33(20(3)16-18)42-24-17-41-23-10-6-5-9-21(23)28(24)36(13-7-4-8-14-36)25(42)12-11-22-34(43)26-27(35(22)44)30(38)32(40)31(39)29(26)37/h5-6,9-12,15-17H,4,7-8,13-14H2,1-3H3/b25-12-. The molecule has 0 bridgehead atoms. The Balaban J connectivity index is 1.52. The molecule has 0 N–H and O–H groups in total. The third-order valence-corrected chi connectivity index (χ3v) is 11.2. The van der Waals surface area contributed by atoms with Crippen LogP contribution in [0.15, 0.2) is 66.0 Å². The number of aryl methyl sites for hydroxylation is 3. The Bertz CT molecular complexity index is 1950. The van der Waals surface area contributed by atoms with E-state index in [1.54, 1.807) is 6.08 Å². The predicted octanol–water partition coefficient (Wildman–Crippen LogP) is 11.0. The first-order chi connectivity index (χ1) is 21.1. The molecule has 0 amide bonds. The van der Waals surface area contributed by atoms with E-state index in [9.17, 15) is 9.59 Å². The number of halogens is 4. The molecular formula is C36H28Cl4N2O2. The van der Waals surface area contributed by atoms with E-state index in [0.29, 0.717) is 0 Å². The molecule has 3 aliphatic rings. The lowest BCUT2D eigenvalue weighted by Gasteiger charge is -2.38. The molecule has 44 heavy (non-hydrogen) atoms. The maximum Gasteiger partial charge on any atom is 0.199 e. The molecule has 2 heterocycles. The Morgan fingerprint density at radius 1 is 0.795 bits per heavy atom. The summed E-state index contributed by atoms with van der Waals surface area (Å²) in [6, 6.07) is 12.7. The number of carbonyl (C=O) groups excluding carboxylic acids is 2. The van der Waals surface area contributed by atoms with Crippen molar-refractivity contribution in [1.29, 1.82) is 0 Å². The molecule has 1 spiro atoms. The molecule has 222 valence electrons. The molecule has 1 saturated carbocycles. The predicted molar refractivity (Wildman–Crippen MR) is 181 cm³/mol. The molecule has 0 atom stereocenters. The van der Waals surface area contributed by atoms with Gasteiger partial charge in [0.2, 0.25) is 0 Å². The van der Waals surface area contributed by atoms with Gasteiger partial charge in [0.25, 0.3) is 0 Å². The summed E-state index contributed by atoms with van der Waals surface area (Å²) in [5.41, 5.74) is 8.44. The maximum atomic E-state index is 13.7. The van der Waals surface area contributed by atoms with Crippen LogP contribution in [-0.4, -0.2) is 16.6 Å². The van der Waals surface area contributed by atoms with E-state index in [2.05, 4.69) is 56.0 Å². The number of pyridine rings is 1. The third-order valence-electron chi connectivity index (χ3n) is 9.39. The second-order valence-corrected chi connectivity index (χ2v) is 13.6. The van der Waals surface area contributed by atoms with Crippen molar-refractivity contribution in [3.8, 4) is 0 Å². The first-order valence-corrected chi connectivity index (χ1v) is 16.2. The molecular weight excluding hydrogens is 634 g/mol. The molecule has 8 heteroatoms. The number of benzene rings is 3. The van der Waals surface area contributed by atoms with Crippen LogP contribution in [0.25, 0.3) is 10.9 Å². The zero-order valence-corrected chi connectivity index (χ0v) is 27.5. The van der Waals surface area contributed by atoms with Gasteiger partial charge in [0.15, 0.2) is 11.6 Å².